The average molecular weight is 340 g/mol. The van der Waals surface area contributed by atoms with E-state index < -0.39 is 0 Å². The Labute approximate surface area is 124 Å². The standard InChI is InChI=1S/C14H14BrNO2S/c1-17-11-3-5-19-14(11)12(16)10-7-9(15)6-8-2-4-18-13(8)10/h3,5-7,12H,2,4,16H2,1H3. The zero-order valence-corrected chi connectivity index (χ0v) is 12.9. The third-order valence-electron chi connectivity index (χ3n) is 3.27. The number of hydrogen-bond acceptors (Lipinski definition) is 4. The summed E-state index contributed by atoms with van der Waals surface area (Å²) in [5.41, 5.74) is 8.64. The van der Waals surface area contributed by atoms with E-state index in [4.69, 9.17) is 15.2 Å². The molecule has 0 saturated carbocycles. The Morgan fingerprint density at radius 1 is 1.47 bits per heavy atom. The van der Waals surface area contributed by atoms with Gasteiger partial charge in [-0.05, 0) is 29.1 Å². The average Bonchev–Trinajstić information content (AvgIpc) is 3.04. The third-order valence-corrected chi connectivity index (χ3v) is 4.71. The zero-order chi connectivity index (χ0) is 13.4. The van der Waals surface area contributed by atoms with Crippen LogP contribution in [0, 0.1) is 0 Å². The Morgan fingerprint density at radius 2 is 2.32 bits per heavy atom. The molecule has 3 nitrogen and oxygen atoms in total. The van der Waals surface area contributed by atoms with Crippen molar-refractivity contribution in [1.82, 2.24) is 0 Å². The number of benzene rings is 1. The van der Waals surface area contributed by atoms with E-state index in [1.54, 1.807) is 18.4 Å². The van der Waals surface area contributed by atoms with Crippen molar-refractivity contribution >= 4 is 27.3 Å². The summed E-state index contributed by atoms with van der Waals surface area (Å²) in [6.07, 6.45) is 0.941. The van der Waals surface area contributed by atoms with Crippen molar-refractivity contribution in [2.75, 3.05) is 13.7 Å². The van der Waals surface area contributed by atoms with Crippen LogP contribution in [0.5, 0.6) is 11.5 Å². The second kappa shape index (κ2) is 5.15. The number of hydrogen-bond donors (Lipinski definition) is 1. The highest BCUT2D eigenvalue weighted by atomic mass is 79.9. The Kier molecular flexibility index (Phi) is 3.52. The molecule has 0 saturated heterocycles. The van der Waals surface area contributed by atoms with E-state index in [9.17, 15) is 0 Å². The van der Waals surface area contributed by atoms with Gasteiger partial charge in [-0.15, -0.1) is 11.3 Å². The highest BCUT2D eigenvalue weighted by molar-refractivity contribution is 9.10. The Bertz CT molecular complexity index is 611. The molecular formula is C14H14BrNO2S. The molecule has 5 heteroatoms. The van der Waals surface area contributed by atoms with Crippen LogP contribution in [0.2, 0.25) is 0 Å². The van der Waals surface area contributed by atoms with Crippen molar-refractivity contribution < 1.29 is 9.47 Å². The molecule has 3 rings (SSSR count). The normalized spacial score (nSPS) is 14.9. The molecule has 0 spiro atoms. The molecule has 100 valence electrons. The number of methoxy groups -OCH3 is 1. The largest absolute Gasteiger partial charge is 0.496 e. The van der Waals surface area contributed by atoms with Gasteiger partial charge in [0.15, 0.2) is 0 Å². The summed E-state index contributed by atoms with van der Waals surface area (Å²) in [5.74, 6) is 1.77. The SMILES string of the molecule is COc1ccsc1C(N)c1cc(Br)cc2c1OCC2. The lowest BCUT2D eigenvalue weighted by Gasteiger charge is -2.16. The van der Waals surface area contributed by atoms with Crippen molar-refractivity contribution in [2.45, 2.75) is 12.5 Å². The number of thiophene rings is 1. The fourth-order valence-corrected chi connectivity index (χ4v) is 3.78. The van der Waals surface area contributed by atoms with Crippen molar-refractivity contribution in [3.8, 4) is 11.5 Å². The minimum absolute atomic E-state index is 0.223. The summed E-state index contributed by atoms with van der Waals surface area (Å²) in [5, 5.41) is 1.99. The Balaban J connectivity index is 2.07. The van der Waals surface area contributed by atoms with E-state index in [0.29, 0.717) is 0 Å². The summed E-state index contributed by atoms with van der Waals surface area (Å²) >= 11 is 5.15. The van der Waals surface area contributed by atoms with Gasteiger partial charge in [0.25, 0.3) is 0 Å². The zero-order valence-electron chi connectivity index (χ0n) is 10.5. The van der Waals surface area contributed by atoms with Gasteiger partial charge in [0.05, 0.1) is 24.6 Å². The van der Waals surface area contributed by atoms with Crippen molar-refractivity contribution in [2.24, 2.45) is 5.73 Å². The maximum Gasteiger partial charge on any atom is 0.134 e. The molecule has 1 aliphatic heterocycles. The summed E-state index contributed by atoms with van der Waals surface area (Å²) in [4.78, 5) is 1.03. The summed E-state index contributed by atoms with van der Waals surface area (Å²) in [6.45, 7) is 0.729. The molecule has 0 amide bonds. The number of ether oxygens (including phenoxy) is 2. The molecule has 0 radical (unpaired) electrons. The molecule has 1 aromatic carbocycles. The van der Waals surface area contributed by atoms with Crippen molar-refractivity contribution in [3.63, 3.8) is 0 Å². The molecule has 2 heterocycles. The van der Waals surface area contributed by atoms with Gasteiger partial charge in [0.2, 0.25) is 0 Å². The first kappa shape index (κ1) is 13.0. The Morgan fingerprint density at radius 3 is 3.11 bits per heavy atom. The van der Waals surface area contributed by atoms with Crippen LogP contribution >= 0.6 is 27.3 Å². The topological polar surface area (TPSA) is 44.5 Å². The van der Waals surface area contributed by atoms with Crippen LogP contribution in [0.25, 0.3) is 0 Å². The highest BCUT2D eigenvalue weighted by Gasteiger charge is 2.24. The molecule has 19 heavy (non-hydrogen) atoms. The molecule has 1 aromatic heterocycles. The smallest absolute Gasteiger partial charge is 0.134 e. The Hall–Kier alpha value is -1.04. The predicted molar refractivity (Wildman–Crippen MR) is 80.2 cm³/mol. The van der Waals surface area contributed by atoms with E-state index in [-0.39, 0.29) is 6.04 Å². The lowest BCUT2D eigenvalue weighted by Crippen LogP contribution is -2.12. The van der Waals surface area contributed by atoms with Crippen LogP contribution in [0.15, 0.2) is 28.1 Å². The van der Waals surface area contributed by atoms with E-state index >= 15 is 0 Å². The van der Waals surface area contributed by atoms with Gasteiger partial charge in [0, 0.05) is 16.5 Å². The van der Waals surface area contributed by atoms with E-state index in [1.807, 2.05) is 17.5 Å². The molecule has 1 aliphatic rings. The van der Waals surface area contributed by atoms with E-state index in [1.165, 1.54) is 5.56 Å². The van der Waals surface area contributed by atoms with Gasteiger partial charge in [-0.3, -0.25) is 0 Å². The molecule has 0 bridgehead atoms. The molecule has 1 atom stereocenters. The first-order chi connectivity index (χ1) is 9.20. The maximum atomic E-state index is 6.41. The maximum absolute atomic E-state index is 6.41. The number of nitrogens with two attached hydrogens (primary N) is 1. The second-order valence-corrected chi connectivity index (χ2v) is 6.28. The van der Waals surface area contributed by atoms with Gasteiger partial charge in [-0.2, -0.15) is 0 Å². The second-order valence-electron chi connectivity index (χ2n) is 4.41. The third kappa shape index (κ3) is 2.26. The summed E-state index contributed by atoms with van der Waals surface area (Å²) in [7, 11) is 1.67. The van der Waals surface area contributed by atoms with Gasteiger partial charge >= 0.3 is 0 Å². The molecule has 0 aliphatic carbocycles. The summed E-state index contributed by atoms with van der Waals surface area (Å²) in [6, 6.07) is 5.86. The fourth-order valence-electron chi connectivity index (χ4n) is 2.37. The first-order valence-corrected chi connectivity index (χ1v) is 7.70. The molecule has 2 N–H and O–H groups in total. The molecular weight excluding hydrogens is 326 g/mol. The molecule has 1 unspecified atom stereocenters. The monoisotopic (exact) mass is 339 g/mol. The number of halogens is 1. The van der Waals surface area contributed by atoms with Gasteiger partial charge in [-0.1, -0.05) is 15.9 Å². The number of fused-ring (bicyclic) bond motifs is 1. The van der Waals surface area contributed by atoms with Gasteiger partial charge in [0.1, 0.15) is 11.5 Å². The predicted octanol–water partition coefficient (Wildman–Crippen LogP) is 3.50. The summed E-state index contributed by atoms with van der Waals surface area (Å²) < 4.78 is 12.1. The van der Waals surface area contributed by atoms with Crippen molar-refractivity contribution in [1.29, 1.82) is 0 Å². The quantitative estimate of drug-likeness (QED) is 0.930. The van der Waals surface area contributed by atoms with E-state index in [0.717, 1.165) is 39.4 Å². The minimum Gasteiger partial charge on any atom is -0.496 e. The van der Waals surface area contributed by atoms with Crippen LogP contribution < -0.4 is 15.2 Å². The molecule has 2 aromatic rings. The van der Waals surface area contributed by atoms with E-state index in [2.05, 4.69) is 22.0 Å². The highest BCUT2D eigenvalue weighted by Crippen LogP contribution is 2.41. The lowest BCUT2D eigenvalue weighted by molar-refractivity contribution is 0.352. The van der Waals surface area contributed by atoms with Crippen LogP contribution in [0.3, 0.4) is 0 Å². The first-order valence-electron chi connectivity index (χ1n) is 6.02. The van der Waals surface area contributed by atoms with Crippen molar-refractivity contribution in [3.05, 3.63) is 44.1 Å². The number of rotatable bonds is 3. The molecule has 0 fully saturated rings. The fraction of sp³-hybridized carbons (Fsp3) is 0.286. The lowest BCUT2D eigenvalue weighted by atomic mass is 10.0. The van der Waals surface area contributed by atoms with Crippen LogP contribution in [0.4, 0.5) is 0 Å². The van der Waals surface area contributed by atoms with Crippen LogP contribution in [-0.4, -0.2) is 13.7 Å². The van der Waals surface area contributed by atoms with Gasteiger partial charge in [-0.25, -0.2) is 0 Å². The van der Waals surface area contributed by atoms with Crippen LogP contribution in [-0.2, 0) is 6.42 Å². The van der Waals surface area contributed by atoms with Gasteiger partial charge < -0.3 is 15.2 Å². The minimum atomic E-state index is -0.223. The van der Waals surface area contributed by atoms with Crippen LogP contribution in [0.1, 0.15) is 22.0 Å².